The van der Waals surface area contributed by atoms with Gasteiger partial charge in [-0.1, -0.05) is 60.2 Å². The zero-order chi connectivity index (χ0) is 23.3. The lowest BCUT2D eigenvalue weighted by molar-refractivity contribution is -0.130. The van der Waals surface area contributed by atoms with Crippen molar-refractivity contribution in [3.63, 3.8) is 0 Å². The molecule has 1 saturated heterocycles. The number of amides is 2. The maximum absolute atomic E-state index is 13.9. The monoisotopic (exact) mass is 474 g/mol. The molecule has 0 N–H and O–H groups in total. The van der Waals surface area contributed by atoms with E-state index in [1.807, 2.05) is 52.3 Å². The number of ether oxygens (including phenoxy) is 1. The summed E-state index contributed by atoms with van der Waals surface area (Å²) in [5.41, 5.74) is 3.53. The van der Waals surface area contributed by atoms with Gasteiger partial charge in [-0.15, -0.1) is 0 Å². The average molecular weight is 475 g/mol. The Kier molecular flexibility index (Phi) is 5.34. The van der Waals surface area contributed by atoms with Crippen LogP contribution in [0.1, 0.15) is 29.9 Å². The Morgan fingerprint density at radius 2 is 1.85 bits per heavy atom. The molecule has 0 bridgehead atoms. The van der Waals surface area contributed by atoms with Gasteiger partial charge in [-0.3, -0.25) is 9.59 Å². The van der Waals surface area contributed by atoms with Crippen molar-refractivity contribution in [2.75, 3.05) is 37.7 Å². The Morgan fingerprint density at radius 3 is 2.65 bits per heavy atom. The fourth-order valence-corrected chi connectivity index (χ4v) is 5.95. The van der Waals surface area contributed by atoms with E-state index in [9.17, 15) is 9.59 Å². The van der Waals surface area contributed by atoms with Gasteiger partial charge in [-0.25, -0.2) is 0 Å². The number of anilines is 1. The van der Waals surface area contributed by atoms with Crippen LogP contribution in [0.5, 0.6) is 0 Å². The summed E-state index contributed by atoms with van der Waals surface area (Å²) in [6.07, 6.45) is 7.69. The van der Waals surface area contributed by atoms with E-state index in [4.69, 9.17) is 16.3 Å². The van der Waals surface area contributed by atoms with Crippen molar-refractivity contribution < 1.29 is 14.3 Å². The van der Waals surface area contributed by atoms with Crippen molar-refractivity contribution in [2.24, 2.45) is 5.92 Å². The van der Waals surface area contributed by atoms with Gasteiger partial charge in [-0.2, -0.15) is 0 Å². The highest BCUT2D eigenvalue weighted by atomic mass is 35.5. The lowest BCUT2D eigenvalue weighted by Crippen LogP contribution is -2.41. The van der Waals surface area contributed by atoms with Gasteiger partial charge >= 0.3 is 0 Å². The summed E-state index contributed by atoms with van der Waals surface area (Å²) >= 11 is 6.09. The first kappa shape index (κ1) is 21.6. The molecule has 2 heterocycles. The fraction of sp³-hybridized carbons (Fsp3) is 0.357. The quantitative estimate of drug-likeness (QED) is 0.656. The summed E-state index contributed by atoms with van der Waals surface area (Å²) in [7, 11) is 0. The summed E-state index contributed by atoms with van der Waals surface area (Å²) < 4.78 is 5.38. The highest BCUT2D eigenvalue weighted by molar-refractivity contribution is 6.30. The third-order valence-electron chi connectivity index (χ3n) is 7.65. The van der Waals surface area contributed by atoms with Crippen LogP contribution in [0.3, 0.4) is 0 Å². The largest absolute Gasteiger partial charge is 0.378 e. The lowest BCUT2D eigenvalue weighted by atomic mass is 9.92. The van der Waals surface area contributed by atoms with Crippen LogP contribution >= 0.6 is 11.6 Å². The van der Waals surface area contributed by atoms with E-state index in [0.717, 1.165) is 35.2 Å². The summed E-state index contributed by atoms with van der Waals surface area (Å²) in [5, 5.41) is 0.706. The molecular weight excluding hydrogens is 448 g/mol. The first-order valence-electron chi connectivity index (χ1n) is 12.0. The zero-order valence-electron chi connectivity index (χ0n) is 19.0. The van der Waals surface area contributed by atoms with Crippen LogP contribution < -0.4 is 4.90 Å². The van der Waals surface area contributed by atoms with Crippen LogP contribution in [0.4, 0.5) is 5.69 Å². The molecule has 1 spiro atoms. The van der Waals surface area contributed by atoms with Crippen molar-refractivity contribution in [2.45, 2.75) is 24.2 Å². The third kappa shape index (κ3) is 3.50. The van der Waals surface area contributed by atoms with Crippen molar-refractivity contribution in [1.29, 1.82) is 0 Å². The van der Waals surface area contributed by atoms with Gasteiger partial charge in [0.2, 0.25) is 5.91 Å². The number of morpholine rings is 1. The second kappa shape index (κ2) is 8.40. The van der Waals surface area contributed by atoms with E-state index >= 15 is 0 Å². The molecular formula is C28H27ClN2O3. The minimum Gasteiger partial charge on any atom is -0.378 e. The van der Waals surface area contributed by atoms with Crippen molar-refractivity contribution >= 4 is 29.1 Å². The number of para-hydroxylation sites is 1. The molecule has 3 atom stereocenters. The second-order valence-corrected chi connectivity index (χ2v) is 10.1. The van der Waals surface area contributed by atoms with Crippen LogP contribution in [0.25, 0.3) is 0 Å². The average Bonchev–Trinajstić information content (AvgIpc) is 3.59. The van der Waals surface area contributed by atoms with Crippen LogP contribution in [0.15, 0.2) is 72.3 Å². The van der Waals surface area contributed by atoms with Crippen LogP contribution in [-0.2, 0) is 19.7 Å². The highest BCUT2D eigenvalue weighted by Gasteiger charge is 2.67. The maximum atomic E-state index is 13.9. The van der Waals surface area contributed by atoms with Crippen LogP contribution in [0, 0.1) is 5.92 Å². The van der Waals surface area contributed by atoms with E-state index in [1.165, 1.54) is 0 Å². The Balaban J connectivity index is 1.25. The van der Waals surface area contributed by atoms with Crippen molar-refractivity contribution in [3.8, 4) is 0 Å². The number of halogens is 1. The minimum absolute atomic E-state index is 0.0545. The molecule has 2 aliphatic heterocycles. The topological polar surface area (TPSA) is 49.9 Å². The summed E-state index contributed by atoms with van der Waals surface area (Å²) in [4.78, 5) is 30.7. The number of fused-ring (bicyclic) bond motifs is 2. The van der Waals surface area contributed by atoms with Gasteiger partial charge in [0, 0.05) is 41.8 Å². The molecule has 34 heavy (non-hydrogen) atoms. The number of allylic oxidation sites excluding steroid dienone is 1. The predicted octanol–water partition coefficient (Wildman–Crippen LogP) is 4.47. The van der Waals surface area contributed by atoms with Gasteiger partial charge in [0.25, 0.3) is 5.91 Å². The Morgan fingerprint density at radius 1 is 1.09 bits per heavy atom. The summed E-state index contributed by atoms with van der Waals surface area (Å²) in [6.45, 7) is 3.00. The smallest absolute Gasteiger partial charge is 0.253 e. The second-order valence-electron chi connectivity index (χ2n) is 9.64. The molecule has 2 aliphatic carbocycles. The SMILES string of the molecule is O=C(C1=CC(CN2C(=O)[C@@]3(C[C@H]3c3ccc(Cl)cc3)c3ccccc32)CC=C1)N1CCOCC1. The maximum Gasteiger partial charge on any atom is 0.253 e. The molecule has 2 amide bonds. The van der Waals surface area contributed by atoms with Gasteiger partial charge in [0.1, 0.15) is 0 Å². The molecule has 2 aromatic rings. The van der Waals surface area contributed by atoms with Crippen LogP contribution in [0.2, 0.25) is 5.02 Å². The first-order chi connectivity index (χ1) is 16.6. The third-order valence-corrected chi connectivity index (χ3v) is 7.90. The number of carbonyl (C=O) groups excluding carboxylic acids is 2. The van der Waals surface area contributed by atoms with Gasteiger partial charge in [0.15, 0.2) is 0 Å². The molecule has 2 aromatic carbocycles. The first-order valence-corrected chi connectivity index (χ1v) is 12.4. The number of carbonyl (C=O) groups is 2. The molecule has 1 unspecified atom stereocenters. The van der Waals surface area contributed by atoms with E-state index < -0.39 is 5.41 Å². The predicted molar refractivity (Wildman–Crippen MR) is 132 cm³/mol. The Bertz CT molecular complexity index is 1200. The molecule has 6 heteroatoms. The number of nitrogens with zero attached hydrogens (tertiary/aromatic N) is 2. The molecule has 174 valence electrons. The van der Waals surface area contributed by atoms with E-state index in [2.05, 4.69) is 24.3 Å². The van der Waals surface area contributed by atoms with E-state index in [1.54, 1.807) is 0 Å². The number of hydrogen-bond donors (Lipinski definition) is 0. The normalized spacial score (nSPS) is 27.7. The van der Waals surface area contributed by atoms with Crippen LogP contribution in [-0.4, -0.2) is 49.6 Å². The molecule has 1 saturated carbocycles. The Labute approximate surface area is 204 Å². The fourth-order valence-electron chi connectivity index (χ4n) is 5.83. The molecule has 5 nitrogen and oxygen atoms in total. The van der Waals surface area contributed by atoms with Crippen molar-refractivity contribution in [3.05, 3.63) is 88.5 Å². The standard InChI is InChI=1S/C28H27ClN2O3/c29-22-10-8-20(9-11-22)24-17-28(24)23-6-1-2-7-25(23)31(27(28)33)18-19-4-3-5-21(16-19)26(32)30-12-14-34-15-13-30/h1-3,5-11,16,19,24H,4,12-15,17-18H2/t19?,24-,28-/m0/s1. The van der Waals surface area contributed by atoms with Gasteiger partial charge in [0.05, 0.1) is 18.6 Å². The molecule has 6 rings (SSSR count). The van der Waals surface area contributed by atoms with Crippen molar-refractivity contribution in [1.82, 2.24) is 4.90 Å². The molecule has 0 aromatic heterocycles. The number of hydrogen-bond acceptors (Lipinski definition) is 3. The van der Waals surface area contributed by atoms with Gasteiger partial charge < -0.3 is 14.5 Å². The lowest BCUT2D eigenvalue weighted by Gasteiger charge is -2.29. The number of rotatable bonds is 4. The molecule has 2 fully saturated rings. The highest BCUT2D eigenvalue weighted by Crippen LogP contribution is 2.66. The number of benzene rings is 2. The summed E-state index contributed by atoms with van der Waals surface area (Å²) in [5.74, 6) is 0.505. The zero-order valence-corrected chi connectivity index (χ0v) is 19.7. The molecule has 0 radical (unpaired) electrons. The molecule has 4 aliphatic rings. The van der Waals surface area contributed by atoms with E-state index in [-0.39, 0.29) is 23.7 Å². The van der Waals surface area contributed by atoms with Gasteiger partial charge in [-0.05, 0) is 48.1 Å². The minimum atomic E-state index is -0.481. The Hall–Kier alpha value is -2.89. The van der Waals surface area contributed by atoms with E-state index in [0.29, 0.717) is 37.9 Å². The summed E-state index contributed by atoms with van der Waals surface area (Å²) in [6, 6.07) is 16.1.